The smallest absolute Gasteiger partial charge is 0.125 e. The molecule has 0 saturated carbocycles. The summed E-state index contributed by atoms with van der Waals surface area (Å²) in [6, 6.07) is 5.39. The summed E-state index contributed by atoms with van der Waals surface area (Å²) in [6.07, 6.45) is 0.937. The predicted molar refractivity (Wildman–Crippen MR) is 59.3 cm³/mol. The second kappa shape index (κ2) is 4.45. The summed E-state index contributed by atoms with van der Waals surface area (Å²) in [5.74, 6) is -0.162. The molecule has 1 rings (SSSR count). The number of halogens is 1. The molecule has 0 aromatic heterocycles. The topological polar surface area (TPSA) is 3.24 Å². The Morgan fingerprint density at radius 1 is 1.36 bits per heavy atom. The van der Waals surface area contributed by atoms with Gasteiger partial charge in [-0.15, -0.1) is 0 Å². The summed E-state index contributed by atoms with van der Waals surface area (Å²) < 4.78 is 13.1. The molecule has 14 heavy (non-hydrogen) atoms. The Hall–Kier alpha value is -1.05. The number of benzene rings is 1. The molecule has 1 aromatic carbocycles. The first-order valence-electron chi connectivity index (χ1n) is 5.07. The molecular formula is C12H18FN. The summed E-state index contributed by atoms with van der Waals surface area (Å²) in [7, 11) is 2.00. The fraction of sp³-hybridized carbons (Fsp3) is 0.500. The van der Waals surface area contributed by atoms with Crippen molar-refractivity contribution in [2.45, 2.75) is 33.2 Å². The molecule has 0 heterocycles. The van der Waals surface area contributed by atoms with Gasteiger partial charge in [0, 0.05) is 18.8 Å². The molecule has 0 fully saturated rings. The maximum atomic E-state index is 13.1. The Labute approximate surface area is 85.5 Å². The first kappa shape index (κ1) is 11.0. The van der Waals surface area contributed by atoms with Crippen LogP contribution >= 0.6 is 0 Å². The van der Waals surface area contributed by atoms with E-state index in [9.17, 15) is 4.39 Å². The van der Waals surface area contributed by atoms with Crippen LogP contribution in [-0.2, 0) is 6.42 Å². The number of aryl methyl sites for hydroxylation is 1. The van der Waals surface area contributed by atoms with Crippen LogP contribution in [0.4, 0.5) is 10.1 Å². The van der Waals surface area contributed by atoms with Crippen molar-refractivity contribution in [3.63, 3.8) is 0 Å². The number of hydrogen-bond acceptors (Lipinski definition) is 1. The molecule has 0 unspecified atom stereocenters. The summed E-state index contributed by atoms with van der Waals surface area (Å²) in [5, 5.41) is 0. The quantitative estimate of drug-likeness (QED) is 0.715. The van der Waals surface area contributed by atoms with Gasteiger partial charge in [0.25, 0.3) is 0 Å². The molecule has 78 valence electrons. The van der Waals surface area contributed by atoms with Gasteiger partial charge in [-0.2, -0.15) is 0 Å². The van der Waals surface area contributed by atoms with Crippen molar-refractivity contribution in [1.82, 2.24) is 0 Å². The highest BCUT2D eigenvalue weighted by atomic mass is 19.1. The summed E-state index contributed by atoms with van der Waals surface area (Å²) >= 11 is 0. The Kier molecular flexibility index (Phi) is 3.50. The average Bonchev–Trinajstić information content (AvgIpc) is 2.16. The van der Waals surface area contributed by atoms with E-state index in [1.807, 2.05) is 13.1 Å². The zero-order chi connectivity index (χ0) is 10.7. The minimum atomic E-state index is -0.162. The van der Waals surface area contributed by atoms with E-state index >= 15 is 0 Å². The molecule has 0 atom stereocenters. The molecule has 0 aliphatic heterocycles. The zero-order valence-electron chi connectivity index (χ0n) is 9.34. The van der Waals surface area contributed by atoms with Crippen LogP contribution in [-0.4, -0.2) is 13.1 Å². The Balaban J connectivity index is 3.10. The lowest BCUT2D eigenvalue weighted by Crippen LogP contribution is -2.26. The molecule has 0 saturated heterocycles. The highest BCUT2D eigenvalue weighted by molar-refractivity contribution is 5.53. The van der Waals surface area contributed by atoms with Crippen LogP contribution < -0.4 is 4.90 Å². The fourth-order valence-corrected chi connectivity index (χ4v) is 1.44. The second-order valence-electron chi connectivity index (χ2n) is 3.83. The molecule has 1 aromatic rings. The van der Waals surface area contributed by atoms with Gasteiger partial charge in [0.2, 0.25) is 0 Å². The zero-order valence-corrected chi connectivity index (χ0v) is 9.34. The van der Waals surface area contributed by atoms with E-state index in [0.29, 0.717) is 6.04 Å². The van der Waals surface area contributed by atoms with E-state index < -0.39 is 0 Å². The first-order valence-corrected chi connectivity index (χ1v) is 5.07. The van der Waals surface area contributed by atoms with Crippen molar-refractivity contribution in [3.8, 4) is 0 Å². The molecule has 0 spiro atoms. The van der Waals surface area contributed by atoms with E-state index in [4.69, 9.17) is 0 Å². The lowest BCUT2D eigenvalue weighted by molar-refractivity contribution is 0.624. The van der Waals surface area contributed by atoms with Crippen molar-refractivity contribution in [2.24, 2.45) is 0 Å². The molecule has 1 nitrogen and oxygen atoms in total. The normalized spacial score (nSPS) is 10.7. The van der Waals surface area contributed by atoms with E-state index in [1.165, 1.54) is 11.6 Å². The van der Waals surface area contributed by atoms with Crippen molar-refractivity contribution in [3.05, 3.63) is 29.6 Å². The average molecular weight is 195 g/mol. The minimum absolute atomic E-state index is 0.162. The molecule has 2 heteroatoms. The molecule has 0 aliphatic rings. The Morgan fingerprint density at radius 3 is 2.50 bits per heavy atom. The first-order chi connectivity index (χ1) is 6.56. The van der Waals surface area contributed by atoms with Crippen molar-refractivity contribution in [2.75, 3.05) is 11.9 Å². The van der Waals surface area contributed by atoms with Crippen LogP contribution in [0.1, 0.15) is 26.3 Å². The highest BCUT2D eigenvalue weighted by Crippen LogP contribution is 2.22. The van der Waals surface area contributed by atoms with Gasteiger partial charge in [0.05, 0.1) is 0 Å². The molecule has 0 aliphatic carbocycles. The van der Waals surface area contributed by atoms with Crippen LogP contribution in [0.3, 0.4) is 0 Å². The van der Waals surface area contributed by atoms with Crippen molar-refractivity contribution in [1.29, 1.82) is 0 Å². The van der Waals surface area contributed by atoms with Crippen LogP contribution in [0, 0.1) is 5.82 Å². The van der Waals surface area contributed by atoms with Gasteiger partial charge in [0.15, 0.2) is 0 Å². The number of rotatable bonds is 3. The van der Waals surface area contributed by atoms with Gasteiger partial charge in [-0.05, 0) is 38.0 Å². The van der Waals surface area contributed by atoms with Crippen LogP contribution in [0.5, 0.6) is 0 Å². The third-order valence-electron chi connectivity index (χ3n) is 2.58. The molecular weight excluding hydrogens is 177 g/mol. The number of anilines is 1. The van der Waals surface area contributed by atoms with Crippen molar-refractivity contribution < 1.29 is 4.39 Å². The summed E-state index contributed by atoms with van der Waals surface area (Å²) in [5.41, 5.74) is 2.20. The van der Waals surface area contributed by atoms with E-state index in [-0.39, 0.29) is 5.82 Å². The van der Waals surface area contributed by atoms with Gasteiger partial charge in [0.1, 0.15) is 5.82 Å². The SMILES string of the molecule is CCc1ccc(F)cc1N(C)C(C)C. The van der Waals surface area contributed by atoms with Crippen molar-refractivity contribution >= 4 is 5.69 Å². The van der Waals surface area contributed by atoms with Crippen LogP contribution in [0.2, 0.25) is 0 Å². The third-order valence-corrected chi connectivity index (χ3v) is 2.58. The Bertz CT molecular complexity index is 307. The Morgan fingerprint density at radius 2 is 2.00 bits per heavy atom. The standard InChI is InChI=1S/C12H18FN/c1-5-10-6-7-11(13)8-12(10)14(4)9(2)3/h6-9H,5H2,1-4H3. The predicted octanol–water partition coefficient (Wildman–Crippen LogP) is 3.23. The summed E-state index contributed by atoms with van der Waals surface area (Å²) in [4.78, 5) is 2.10. The monoisotopic (exact) mass is 195 g/mol. The van der Waals surface area contributed by atoms with E-state index in [2.05, 4.69) is 25.7 Å². The summed E-state index contributed by atoms with van der Waals surface area (Å²) in [6.45, 7) is 6.29. The molecule has 0 N–H and O–H groups in total. The fourth-order valence-electron chi connectivity index (χ4n) is 1.44. The molecule has 0 amide bonds. The minimum Gasteiger partial charge on any atom is -0.372 e. The van der Waals surface area contributed by atoms with Crippen LogP contribution in [0.25, 0.3) is 0 Å². The highest BCUT2D eigenvalue weighted by Gasteiger charge is 2.09. The third kappa shape index (κ3) is 2.25. The maximum Gasteiger partial charge on any atom is 0.125 e. The lowest BCUT2D eigenvalue weighted by atomic mass is 10.1. The largest absolute Gasteiger partial charge is 0.372 e. The van der Waals surface area contributed by atoms with Gasteiger partial charge in [-0.1, -0.05) is 13.0 Å². The number of nitrogens with zero attached hydrogens (tertiary/aromatic N) is 1. The molecule has 0 bridgehead atoms. The lowest BCUT2D eigenvalue weighted by Gasteiger charge is -2.26. The maximum absolute atomic E-state index is 13.1. The number of hydrogen-bond donors (Lipinski definition) is 0. The molecule has 0 radical (unpaired) electrons. The van der Waals surface area contributed by atoms with Gasteiger partial charge >= 0.3 is 0 Å². The second-order valence-corrected chi connectivity index (χ2v) is 3.83. The van der Waals surface area contributed by atoms with Gasteiger partial charge in [-0.3, -0.25) is 0 Å². The van der Waals surface area contributed by atoms with Crippen LogP contribution in [0.15, 0.2) is 18.2 Å². The van der Waals surface area contributed by atoms with E-state index in [1.54, 1.807) is 6.07 Å². The van der Waals surface area contributed by atoms with Gasteiger partial charge < -0.3 is 4.90 Å². The van der Waals surface area contributed by atoms with Gasteiger partial charge in [-0.25, -0.2) is 4.39 Å². The van der Waals surface area contributed by atoms with E-state index in [0.717, 1.165) is 12.1 Å².